The molecule has 0 unspecified atom stereocenters. The molecular formula is C10H12FNO. The number of nitrogens with one attached hydrogen (secondary N) is 1. The number of benzene rings is 1. The highest BCUT2D eigenvalue weighted by Crippen LogP contribution is 2.19. The predicted molar refractivity (Wildman–Crippen MR) is 50.5 cm³/mol. The molecule has 0 spiro atoms. The van der Waals surface area contributed by atoms with Crippen LogP contribution in [0.15, 0.2) is 12.1 Å². The van der Waals surface area contributed by atoms with Crippen LogP contribution in [0.3, 0.4) is 0 Å². The molecule has 2 nitrogen and oxygen atoms in total. The van der Waals surface area contributed by atoms with Gasteiger partial charge in [-0.3, -0.25) is 0 Å². The van der Waals surface area contributed by atoms with Crippen molar-refractivity contribution in [3.63, 3.8) is 0 Å². The number of hydrogen-bond acceptors (Lipinski definition) is 2. The van der Waals surface area contributed by atoms with Crippen molar-refractivity contribution in [1.29, 1.82) is 0 Å². The van der Waals surface area contributed by atoms with Crippen LogP contribution in [0, 0.1) is 12.7 Å². The molecule has 0 aliphatic carbocycles. The summed E-state index contributed by atoms with van der Waals surface area (Å²) in [7, 11) is 1.75. The van der Waals surface area contributed by atoms with Gasteiger partial charge in [0.2, 0.25) is 0 Å². The van der Waals surface area contributed by atoms with Gasteiger partial charge in [-0.1, -0.05) is 0 Å². The molecule has 0 amide bonds. The van der Waals surface area contributed by atoms with Gasteiger partial charge < -0.3 is 10.1 Å². The summed E-state index contributed by atoms with van der Waals surface area (Å²) in [6.07, 6.45) is 1.01. The summed E-state index contributed by atoms with van der Waals surface area (Å²) >= 11 is 0. The average molecular weight is 181 g/mol. The zero-order valence-corrected chi connectivity index (χ0v) is 7.73. The SMILES string of the molecule is CNc1cc(C)c(F)cc1CC=O. The normalized spacial score (nSPS) is 9.77. The first-order valence-electron chi connectivity index (χ1n) is 4.09. The topological polar surface area (TPSA) is 29.1 Å². The Labute approximate surface area is 76.8 Å². The maximum absolute atomic E-state index is 13.1. The van der Waals surface area contributed by atoms with Gasteiger partial charge in [0.1, 0.15) is 12.1 Å². The maximum Gasteiger partial charge on any atom is 0.126 e. The Morgan fingerprint density at radius 2 is 2.23 bits per heavy atom. The van der Waals surface area contributed by atoms with Gasteiger partial charge in [0.25, 0.3) is 0 Å². The molecule has 1 N–H and O–H groups in total. The fourth-order valence-corrected chi connectivity index (χ4v) is 1.21. The highest BCUT2D eigenvalue weighted by molar-refractivity contribution is 5.63. The van der Waals surface area contributed by atoms with Gasteiger partial charge in [-0.15, -0.1) is 0 Å². The number of hydrogen-bond donors (Lipinski definition) is 1. The summed E-state index contributed by atoms with van der Waals surface area (Å²) in [5.74, 6) is -0.268. The molecule has 0 heterocycles. The molecule has 13 heavy (non-hydrogen) atoms. The summed E-state index contributed by atoms with van der Waals surface area (Å²) in [4.78, 5) is 10.3. The quantitative estimate of drug-likeness (QED) is 0.722. The molecule has 0 saturated heterocycles. The molecule has 0 atom stereocenters. The summed E-state index contributed by atoms with van der Waals surface area (Å²) in [5.41, 5.74) is 2.09. The van der Waals surface area contributed by atoms with E-state index in [-0.39, 0.29) is 12.2 Å². The van der Waals surface area contributed by atoms with E-state index in [4.69, 9.17) is 0 Å². The minimum Gasteiger partial charge on any atom is -0.388 e. The van der Waals surface area contributed by atoms with Crippen molar-refractivity contribution in [2.45, 2.75) is 13.3 Å². The van der Waals surface area contributed by atoms with Crippen molar-refractivity contribution in [2.24, 2.45) is 0 Å². The first-order chi connectivity index (χ1) is 6.19. The first kappa shape index (κ1) is 9.71. The summed E-state index contributed by atoms with van der Waals surface area (Å²) in [6, 6.07) is 3.10. The molecule has 3 heteroatoms. The third-order valence-electron chi connectivity index (χ3n) is 1.96. The zero-order chi connectivity index (χ0) is 9.84. The molecule has 70 valence electrons. The Kier molecular flexibility index (Phi) is 3.01. The summed E-state index contributed by atoms with van der Waals surface area (Å²) < 4.78 is 13.1. The van der Waals surface area contributed by atoms with E-state index in [2.05, 4.69) is 5.32 Å². The summed E-state index contributed by atoms with van der Waals surface area (Å²) in [5, 5.41) is 2.92. The van der Waals surface area contributed by atoms with E-state index in [0.717, 1.165) is 12.0 Å². The standard InChI is InChI=1S/C10H12FNO/c1-7-5-10(12-2)8(3-4-13)6-9(7)11/h4-6,12H,3H2,1-2H3. The van der Waals surface area contributed by atoms with E-state index in [0.29, 0.717) is 11.1 Å². The van der Waals surface area contributed by atoms with Crippen LogP contribution in [0.4, 0.5) is 10.1 Å². The van der Waals surface area contributed by atoms with Gasteiger partial charge >= 0.3 is 0 Å². The Balaban J connectivity index is 3.15. The Bertz CT molecular complexity index is 323. The number of aldehydes is 1. The second-order valence-corrected chi connectivity index (χ2v) is 2.88. The second-order valence-electron chi connectivity index (χ2n) is 2.88. The minimum atomic E-state index is -0.268. The molecule has 0 bridgehead atoms. The number of carbonyl (C=O) groups excluding carboxylic acids is 1. The lowest BCUT2D eigenvalue weighted by molar-refractivity contribution is -0.107. The van der Waals surface area contributed by atoms with E-state index >= 15 is 0 Å². The molecule has 0 aromatic heterocycles. The summed E-state index contributed by atoms with van der Waals surface area (Å²) in [6.45, 7) is 1.70. The van der Waals surface area contributed by atoms with E-state index in [9.17, 15) is 9.18 Å². The van der Waals surface area contributed by atoms with Crippen LogP contribution in [0.5, 0.6) is 0 Å². The molecule has 1 aromatic rings. The Morgan fingerprint density at radius 1 is 1.54 bits per heavy atom. The third kappa shape index (κ3) is 2.05. The number of halogens is 1. The molecule has 0 aliphatic heterocycles. The number of aryl methyl sites for hydroxylation is 1. The van der Waals surface area contributed by atoms with Crippen molar-refractivity contribution in [3.8, 4) is 0 Å². The molecule has 0 fully saturated rings. The van der Waals surface area contributed by atoms with Crippen LogP contribution >= 0.6 is 0 Å². The number of anilines is 1. The van der Waals surface area contributed by atoms with E-state index in [1.807, 2.05) is 0 Å². The highest BCUT2D eigenvalue weighted by Gasteiger charge is 2.05. The average Bonchev–Trinajstić information content (AvgIpc) is 2.11. The smallest absolute Gasteiger partial charge is 0.126 e. The van der Waals surface area contributed by atoms with Crippen LogP contribution < -0.4 is 5.32 Å². The fourth-order valence-electron chi connectivity index (χ4n) is 1.21. The fraction of sp³-hybridized carbons (Fsp3) is 0.300. The molecular weight excluding hydrogens is 169 g/mol. The van der Waals surface area contributed by atoms with Crippen LogP contribution in [0.1, 0.15) is 11.1 Å². The Hall–Kier alpha value is -1.38. The lowest BCUT2D eigenvalue weighted by Gasteiger charge is -2.08. The first-order valence-corrected chi connectivity index (χ1v) is 4.09. The minimum absolute atomic E-state index is 0.243. The number of carbonyl (C=O) groups is 1. The van der Waals surface area contributed by atoms with Crippen molar-refractivity contribution in [2.75, 3.05) is 12.4 Å². The van der Waals surface area contributed by atoms with Crippen molar-refractivity contribution >= 4 is 12.0 Å². The van der Waals surface area contributed by atoms with Gasteiger partial charge in [0, 0.05) is 19.2 Å². The van der Waals surface area contributed by atoms with Gasteiger partial charge in [0.05, 0.1) is 0 Å². The highest BCUT2D eigenvalue weighted by atomic mass is 19.1. The van der Waals surface area contributed by atoms with Crippen LogP contribution in [-0.4, -0.2) is 13.3 Å². The molecule has 0 aliphatic rings. The van der Waals surface area contributed by atoms with Gasteiger partial charge in [-0.2, -0.15) is 0 Å². The monoisotopic (exact) mass is 181 g/mol. The molecule has 1 aromatic carbocycles. The van der Waals surface area contributed by atoms with Crippen molar-refractivity contribution in [3.05, 3.63) is 29.1 Å². The van der Waals surface area contributed by atoms with Crippen LogP contribution in [-0.2, 0) is 11.2 Å². The molecule has 1 rings (SSSR count). The lowest BCUT2D eigenvalue weighted by atomic mass is 10.1. The van der Waals surface area contributed by atoms with Crippen molar-refractivity contribution < 1.29 is 9.18 Å². The third-order valence-corrected chi connectivity index (χ3v) is 1.96. The van der Waals surface area contributed by atoms with Crippen LogP contribution in [0.2, 0.25) is 0 Å². The maximum atomic E-state index is 13.1. The van der Waals surface area contributed by atoms with Gasteiger partial charge in [-0.25, -0.2) is 4.39 Å². The van der Waals surface area contributed by atoms with Gasteiger partial charge in [0.15, 0.2) is 0 Å². The lowest BCUT2D eigenvalue weighted by Crippen LogP contribution is -1.99. The predicted octanol–water partition coefficient (Wildman–Crippen LogP) is 1.92. The Morgan fingerprint density at radius 3 is 2.77 bits per heavy atom. The zero-order valence-electron chi connectivity index (χ0n) is 7.73. The molecule has 0 saturated carbocycles. The van der Waals surface area contributed by atoms with Crippen molar-refractivity contribution in [1.82, 2.24) is 0 Å². The van der Waals surface area contributed by atoms with Crippen LogP contribution in [0.25, 0.3) is 0 Å². The second kappa shape index (κ2) is 4.03. The van der Waals surface area contributed by atoms with E-state index in [1.165, 1.54) is 6.07 Å². The van der Waals surface area contributed by atoms with E-state index in [1.54, 1.807) is 20.0 Å². The largest absolute Gasteiger partial charge is 0.388 e. The van der Waals surface area contributed by atoms with Gasteiger partial charge in [-0.05, 0) is 30.2 Å². The number of rotatable bonds is 3. The molecule has 0 radical (unpaired) electrons. The van der Waals surface area contributed by atoms with E-state index < -0.39 is 0 Å².